The molecule has 0 aromatic heterocycles. The van der Waals surface area contributed by atoms with Gasteiger partial charge in [-0.05, 0) is 66.8 Å². The molecule has 0 atom stereocenters. The summed E-state index contributed by atoms with van der Waals surface area (Å²) in [6.45, 7) is 6.46. The Hall–Kier alpha value is -2.33. The largest absolute Gasteiger partial charge is 0.283 e. The molecule has 2 aliphatic rings. The zero-order valence-electron chi connectivity index (χ0n) is 18.1. The lowest BCUT2D eigenvalue weighted by molar-refractivity contribution is -0.124. The van der Waals surface area contributed by atoms with E-state index in [2.05, 4.69) is 57.2 Å². The molecule has 2 aromatic carbocycles. The number of amides is 1. The minimum atomic E-state index is 0.102. The Labute approximate surface area is 184 Å². The second-order valence-corrected chi connectivity index (χ2v) is 9.64. The Morgan fingerprint density at radius 3 is 2.30 bits per heavy atom. The minimum Gasteiger partial charge on any atom is -0.283 e. The third-order valence-electron chi connectivity index (χ3n) is 5.94. The Morgan fingerprint density at radius 2 is 1.67 bits per heavy atom. The van der Waals surface area contributed by atoms with Crippen LogP contribution in [0, 0.1) is 6.92 Å². The van der Waals surface area contributed by atoms with Crippen molar-refractivity contribution in [1.82, 2.24) is 4.90 Å². The number of amidine groups is 1. The number of thioether (sulfide) groups is 1. The molecule has 0 N–H and O–H groups in total. The number of carbonyl (C=O) groups excluding carboxylic acids is 1. The zero-order chi connectivity index (χ0) is 21.1. The smallest absolute Gasteiger partial charge is 0.267 e. The second-order valence-electron chi connectivity index (χ2n) is 8.63. The summed E-state index contributed by atoms with van der Waals surface area (Å²) in [4.78, 5) is 21.0. The molecule has 1 amide bonds. The first-order valence-corrected chi connectivity index (χ1v) is 11.8. The van der Waals surface area contributed by atoms with E-state index in [0.29, 0.717) is 5.92 Å². The predicted molar refractivity (Wildman–Crippen MR) is 128 cm³/mol. The SMILES string of the molecule is Cc1ccc(N=C2S/C(=C/c3ccc(C(C)C)cc3)C(=O)N2C2CCCCC2)cc1. The summed E-state index contributed by atoms with van der Waals surface area (Å²) in [6, 6.07) is 17.0. The van der Waals surface area contributed by atoms with Crippen molar-refractivity contribution in [1.29, 1.82) is 0 Å². The first-order chi connectivity index (χ1) is 14.5. The van der Waals surface area contributed by atoms with Gasteiger partial charge >= 0.3 is 0 Å². The molecular weight excluding hydrogens is 388 g/mol. The molecule has 2 fully saturated rings. The first-order valence-electron chi connectivity index (χ1n) is 11.0. The number of carbonyl (C=O) groups is 1. The van der Waals surface area contributed by atoms with Crippen LogP contribution in [0.2, 0.25) is 0 Å². The molecule has 0 spiro atoms. The van der Waals surface area contributed by atoms with Gasteiger partial charge in [0.1, 0.15) is 0 Å². The van der Waals surface area contributed by atoms with Crippen LogP contribution in [0.4, 0.5) is 5.69 Å². The van der Waals surface area contributed by atoms with Crippen molar-refractivity contribution in [2.24, 2.45) is 4.99 Å². The lowest BCUT2D eigenvalue weighted by Crippen LogP contribution is -2.40. The molecule has 3 nitrogen and oxygen atoms in total. The molecule has 0 unspecified atom stereocenters. The Morgan fingerprint density at radius 1 is 1.00 bits per heavy atom. The maximum Gasteiger partial charge on any atom is 0.267 e. The molecule has 1 heterocycles. The van der Waals surface area contributed by atoms with Gasteiger partial charge in [0.15, 0.2) is 5.17 Å². The monoisotopic (exact) mass is 418 g/mol. The Bertz CT molecular complexity index is 952. The predicted octanol–water partition coefficient (Wildman–Crippen LogP) is 7.06. The van der Waals surface area contributed by atoms with Crippen LogP contribution in [0.15, 0.2) is 58.4 Å². The lowest BCUT2D eigenvalue weighted by Gasteiger charge is -2.30. The van der Waals surface area contributed by atoms with E-state index in [1.54, 1.807) is 0 Å². The third kappa shape index (κ3) is 4.70. The Balaban J connectivity index is 1.66. The lowest BCUT2D eigenvalue weighted by atomic mass is 9.94. The van der Waals surface area contributed by atoms with Crippen LogP contribution in [0.1, 0.15) is 68.6 Å². The molecule has 0 bridgehead atoms. The highest BCUT2D eigenvalue weighted by molar-refractivity contribution is 8.18. The van der Waals surface area contributed by atoms with Crippen LogP contribution in [-0.4, -0.2) is 22.0 Å². The van der Waals surface area contributed by atoms with E-state index >= 15 is 0 Å². The molecule has 0 radical (unpaired) electrons. The third-order valence-corrected chi connectivity index (χ3v) is 6.92. The summed E-state index contributed by atoms with van der Waals surface area (Å²) >= 11 is 1.51. The summed E-state index contributed by atoms with van der Waals surface area (Å²) in [5, 5.41) is 0.820. The van der Waals surface area contributed by atoms with Gasteiger partial charge in [0.2, 0.25) is 0 Å². The van der Waals surface area contributed by atoms with Crippen LogP contribution in [0.5, 0.6) is 0 Å². The van der Waals surface area contributed by atoms with Crippen molar-refractivity contribution in [2.75, 3.05) is 0 Å². The first kappa shape index (κ1) is 20.9. The van der Waals surface area contributed by atoms with E-state index in [4.69, 9.17) is 4.99 Å². The van der Waals surface area contributed by atoms with E-state index in [0.717, 1.165) is 34.2 Å². The van der Waals surface area contributed by atoms with Crippen molar-refractivity contribution in [2.45, 2.75) is 64.8 Å². The van der Waals surface area contributed by atoms with Gasteiger partial charge in [-0.1, -0.05) is 75.1 Å². The molecule has 1 aliphatic carbocycles. The average Bonchev–Trinajstić information content (AvgIpc) is 3.05. The van der Waals surface area contributed by atoms with Crippen LogP contribution in [0.25, 0.3) is 6.08 Å². The van der Waals surface area contributed by atoms with Gasteiger partial charge in [0.25, 0.3) is 5.91 Å². The molecule has 2 aromatic rings. The van der Waals surface area contributed by atoms with Crippen molar-refractivity contribution in [3.8, 4) is 0 Å². The van der Waals surface area contributed by atoms with Gasteiger partial charge in [0, 0.05) is 6.04 Å². The normalized spacial score (nSPS) is 20.7. The van der Waals surface area contributed by atoms with Crippen LogP contribution in [0.3, 0.4) is 0 Å². The highest BCUT2D eigenvalue weighted by atomic mass is 32.2. The van der Waals surface area contributed by atoms with Crippen LogP contribution >= 0.6 is 11.8 Å². The van der Waals surface area contributed by atoms with E-state index in [9.17, 15) is 4.79 Å². The molecular formula is C26H30N2OS. The molecule has 1 aliphatic heterocycles. The maximum atomic E-state index is 13.4. The van der Waals surface area contributed by atoms with Crippen LogP contribution < -0.4 is 0 Å². The van der Waals surface area contributed by atoms with Gasteiger partial charge < -0.3 is 0 Å². The summed E-state index contributed by atoms with van der Waals surface area (Å²) in [6.07, 6.45) is 7.79. The van der Waals surface area contributed by atoms with Crippen molar-refractivity contribution in [3.05, 3.63) is 70.1 Å². The summed E-state index contributed by atoms with van der Waals surface area (Å²) < 4.78 is 0. The summed E-state index contributed by atoms with van der Waals surface area (Å²) in [7, 11) is 0. The molecule has 1 saturated carbocycles. The quantitative estimate of drug-likeness (QED) is 0.498. The number of rotatable bonds is 4. The number of nitrogens with zero attached hydrogens (tertiary/aromatic N) is 2. The highest BCUT2D eigenvalue weighted by Crippen LogP contribution is 2.38. The molecule has 156 valence electrons. The number of hydrogen-bond donors (Lipinski definition) is 0. The summed E-state index contributed by atoms with van der Waals surface area (Å²) in [5.74, 6) is 0.606. The minimum absolute atomic E-state index is 0.102. The zero-order valence-corrected chi connectivity index (χ0v) is 18.9. The maximum absolute atomic E-state index is 13.4. The fraction of sp³-hybridized carbons (Fsp3) is 0.385. The molecule has 4 rings (SSSR count). The number of hydrogen-bond acceptors (Lipinski definition) is 3. The highest BCUT2D eigenvalue weighted by Gasteiger charge is 2.38. The molecule has 1 saturated heterocycles. The fourth-order valence-corrected chi connectivity index (χ4v) is 5.14. The molecule has 30 heavy (non-hydrogen) atoms. The molecule has 4 heteroatoms. The van der Waals surface area contributed by atoms with E-state index in [-0.39, 0.29) is 11.9 Å². The topological polar surface area (TPSA) is 32.7 Å². The average molecular weight is 419 g/mol. The van der Waals surface area contributed by atoms with Gasteiger partial charge in [-0.15, -0.1) is 0 Å². The standard InChI is InChI=1S/C26H30N2OS/c1-18(2)21-13-11-20(12-14-21)17-24-25(29)28(23-7-5-4-6-8-23)26(30-24)27-22-15-9-19(3)10-16-22/h9-18,23H,4-8H2,1-3H3/b24-17+,27-26?. The van der Waals surface area contributed by atoms with E-state index in [1.165, 1.54) is 42.2 Å². The summed E-state index contributed by atoms with van der Waals surface area (Å²) in [5.41, 5.74) is 4.49. The van der Waals surface area contributed by atoms with Gasteiger partial charge in [-0.25, -0.2) is 4.99 Å². The second kappa shape index (κ2) is 9.22. The van der Waals surface area contributed by atoms with Crippen molar-refractivity contribution < 1.29 is 4.79 Å². The van der Waals surface area contributed by atoms with E-state index < -0.39 is 0 Å². The number of benzene rings is 2. The van der Waals surface area contributed by atoms with Crippen LogP contribution in [-0.2, 0) is 4.79 Å². The number of aryl methyl sites for hydroxylation is 1. The van der Waals surface area contributed by atoms with E-state index in [1.807, 2.05) is 23.1 Å². The fourth-order valence-electron chi connectivity index (χ4n) is 4.08. The van der Waals surface area contributed by atoms with Gasteiger partial charge in [-0.2, -0.15) is 0 Å². The number of aliphatic imine (C=N–C) groups is 1. The van der Waals surface area contributed by atoms with Gasteiger partial charge in [0.05, 0.1) is 10.6 Å². The Kier molecular flexibility index (Phi) is 6.43. The van der Waals surface area contributed by atoms with Gasteiger partial charge in [-0.3, -0.25) is 9.69 Å². The van der Waals surface area contributed by atoms with Crippen molar-refractivity contribution in [3.63, 3.8) is 0 Å². The van der Waals surface area contributed by atoms with Crippen molar-refractivity contribution >= 4 is 34.6 Å².